The molecular formula is C14H22O2S. The molecule has 1 heterocycles. The normalized spacial score (nSPS) is 12.6. The van der Waals surface area contributed by atoms with E-state index in [0.717, 1.165) is 17.7 Å². The Bertz CT molecular complexity index is 344. The van der Waals surface area contributed by atoms with Crippen molar-refractivity contribution in [3.8, 4) is 0 Å². The molecule has 2 nitrogen and oxygen atoms in total. The summed E-state index contributed by atoms with van der Waals surface area (Å²) in [5.74, 6) is 0.653. The molecule has 96 valence electrons. The summed E-state index contributed by atoms with van der Waals surface area (Å²) in [6.07, 6.45) is 3.32. The average Bonchev–Trinajstić information content (AvgIpc) is 2.77. The zero-order chi connectivity index (χ0) is 12.7. The van der Waals surface area contributed by atoms with Gasteiger partial charge in [-0.15, -0.1) is 11.3 Å². The average molecular weight is 254 g/mol. The number of Topliss-reactive ketones (excluding diaryl/α,β-unsaturated/α-hetero) is 1. The summed E-state index contributed by atoms with van der Waals surface area (Å²) >= 11 is 1.58. The number of rotatable bonds is 8. The standard InChI is InChI=1S/C14H22O2S/c1-4-6-11(3)9-16-10-13(15)14-8-7-12(5-2)17-14/h7-8,11H,4-6,9-10H2,1-3H3. The molecule has 0 N–H and O–H groups in total. The molecule has 0 spiro atoms. The van der Waals surface area contributed by atoms with Crippen LogP contribution < -0.4 is 0 Å². The van der Waals surface area contributed by atoms with Crippen LogP contribution in [0.15, 0.2) is 12.1 Å². The second-order valence-corrected chi connectivity index (χ2v) is 5.62. The van der Waals surface area contributed by atoms with Gasteiger partial charge in [-0.2, -0.15) is 0 Å². The van der Waals surface area contributed by atoms with E-state index in [4.69, 9.17) is 4.74 Å². The lowest BCUT2D eigenvalue weighted by Gasteiger charge is -2.09. The van der Waals surface area contributed by atoms with Crippen LogP contribution in [0.25, 0.3) is 0 Å². The Morgan fingerprint density at radius 2 is 2.18 bits per heavy atom. The minimum atomic E-state index is 0.110. The first-order valence-corrected chi connectivity index (χ1v) is 7.18. The van der Waals surface area contributed by atoms with E-state index >= 15 is 0 Å². The highest BCUT2D eigenvalue weighted by atomic mass is 32.1. The van der Waals surface area contributed by atoms with Gasteiger partial charge in [-0.05, 0) is 30.9 Å². The molecule has 17 heavy (non-hydrogen) atoms. The molecule has 0 fully saturated rings. The summed E-state index contributed by atoms with van der Waals surface area (Å²) in [6.45, 7) is 7.33. The van der Waals surface area contributed by atoms with Crippen molar-refractivity contribution in [1.82, 2.24) is 0 Å². The summed E-state index contributed by atoms with van der Waals surface area (Å²) in [7, 11) is 0. The summed E-state index contributed by atoms with van der Waals surface area (Å²) in [6, 6.07) is 3.93. The highest BCUT2D eigenvalue weighted by Gasteiger charge is 2.09. The van der Waals surface area contributed by atoms with E-state index in [1.807, 2.05) is 12.1 Å². The van der Waals surface area contributed by atoms with E-state index < -0.39 is 0 Å². The molecule has 1 atom stereocenters. The third kappa shape index (κ3) is 5.00. The molecule has 0 saturated carbocycles. The van der Waals surface area contributed by atoms with Crippen molar-refractivity contribution < 1.29 is 9.53 Å². The van der Waals surface area contributed by atoms with E-state index in [1.165, 1.54) is 11.3 Å². The number of hydrogen-bond acceptors (Lipinski definition) is 3. The van der Waals surface area contributed by atoms with Crippen molar-refractivity contribution in [2.45, 2.75) is 40.0 Å². The minimum Gasteiger partial charge on any atom is -0.373 e. The molecule has 0 aliphatic carbocycles. The molecule has 1 rings (SSSR count). The Kier molecular flexibility index (Phi) is 6.45. The number of hydrogen-bond donors (Lipinski definition) is 0. The Morgan fingerprint density at radius 3 is 2.76 bits per heavy atom. The number of carbonyl (C=O) groups excluding carboxylic acids is 1. The molecular weight excluding hydrogens is 232 g/mol. The number of ketones is 1. The van der Waals surface area contributed by atoms with Crippen LogP contribution in [0.2, 0.25) is 0 Å². The molecule has 0 aliphatic heterocycles. The van der Waals surface area contributed by atoms with E-state index in [9.17, 15) is 4.79 Å². The van der Waals surface area contributed by atoms with Crippen LogP contribution in [0.5, 0.6) is 0 Å². The van der Waals surface area contributed by atoms with Gasteiger partial charge in [0.05, 0.1) is 4.88 Å². The van der Waals surface area contributed by atoms with Crippen LogP contribution >= 0.6 is 11.3 Å². The maximum atomic E-state index is 11.8. The number of ether oxygens (including phenoxy) is 1. The van der Waals surface area contributed by atoms with Crippen molar-refractivity contribution in [3.63, 3.8) is 0 Å². The molecule has 1 aromatic heterocycles. The Balaban J connectivity index is 2.29. The molecule has 0 aliphatic rings. The largest absolute Gasteiger partial charge is 0.373 e. The summed E-state index contributed by atoms with van der Waals surface area (Å²) in [4.78, 5) is 13.9. The number of thiophene rings is 1. The van der Waals surface area contributed by atoms with Gasteiger partial charge in [-0.3, -0.25) is 4.79 Å². The van der Waals surface area contributed by atoms with Gasteiger partial charge in [0, 0.05) is 11.5 Å². The van der Waals surface area contributed by atoms with E-state index in [1.54, 1.807) is 11.3 Å². The first-order valence-electron chi connectivity index (χ1n) is 6.37. The Hall–Kier alpha value is -0.670. The van der Waals surface area contributed by atoms with Crippen molar-refractivity contribution in [3.05, 3.63) is 21.9 Å². The molecule has 0 saturated heterocycles. The fourth-order valence-corrected chi connectivity index (χ4v) is 2.59. The maximum Gasteiger partial charge on any atom is 0.198 e. The van der Waals surface area contributed by atoms with Gasteiger partial charge in [-0.25, -0.2) is 0 Å². The lowest BCUT2D eigenvalue weighted by atomic mass is 10.1. The SMILES string of the molecule is CCCC(C)COCC(=O)c1ccc(CC)s1. The quantitative estimate of drug-likeness (QED) is 0.657. The zero-order valence-corrected chi connectivity index (χ0v) is 11.8. The maximum absolute atomic E-state index is 11.8. The van der Waals surface area contributed by atoms with E-state index in [0.29, 0.717) is 12.5 Å². The molecule has 0 aromatic carbocycles. The molecule has 3 heteroatoms. The zero-order valence-electron chi connectivity index (χ0n) is 11.0. The first-order chi connectivity index (χ1) is 8.17. The van der Waals surface area contributed by atoms with Crippen LogP contribution in [-0.4, -0.2) is 19.0 Å². The van der Waals surface area contributed by atoms with Gasteiger partial charge >= 0.3 is 0 Å². The lowest BCUT2D eigenvalue weighted by molar-refractivity contribution is 0.0687. The van der Waals surface area contributed by atoms with E-state index in [-0.39, 0.29) is 12.4 Å². The van der Waals surface area contributed by atoms with Crippen LogP contribution in [-0.2, 0) is 11.2 Å². The predicted octanol–water partition coefficient (Wildman–Crippen LogP) is 3.95. The van der Waals surface area contributed by atoms with Gasteiger partial charge in [0.25, 0.3) is 0 Å². The second-order valence-electron chi connectivity index (χ2n) is 4.45. The molecule has 0 radical (unpaired) electrons. The molecule has 0 amide bonds. The Labute approximate surface area is 108 Å². The molecule has 1 unspecified atom stereocenters. The number of carbonyl (C=O) groups is 1. The topological polar surface area (TPSA) is 26.3 Å². The van der Waals surface area contributed by atoms with Crippen molar-refractivity contribution >= 4 is 17.1 Å². The second kappa shape index (κ2) is 7.62. The summed E-state index contributed by atoms with van der Waals surface area (Å²) in [5.41, 5.74) is 0. The van der Waals surface area contributed by atoms with Crippen LogP contribution in [0, 0.1) is 5.92 Å². The van der Waals surface area contributed by atoms with Crippen LogP contribution in [0.4, 0.5) is 0 Å². The fraction of sp³-hybridized carbons (Fsp3) is 0.643. The van der Waals surface area contributed by atoms with Gasteiger partial charge in [0.1, 0.15) is 6.61 Å². The highest BCUT2D eigenvalue weighted by molar-refractivity contribution is 7.14. The smallest absolute Gasteiger partial charge is 0.198 e. The van der Waals surface area contributed by atoms with Gasteiger partial charge in [0.15, 0.2) is 5.78 Å². The van der Waals surface area contributed by atoms with Crippen LogP contribution in [0.3, 0.4) is 0 Å². The molecule has 1 aromatic rings. The highest BCUT2D eigenvalue weighted by Crippen LogP contribution is 2.17. The predicted molar refractivity (Wildman–Crippen MR) is 72.9 cm³/mol. The van der Waals surface area contributed by atoms with Gasteiger partial charge in [-0.1, -0.05) is 27.2 Å². The fourth-order valence-electron chi connectivity index (χ4n) is 1.72. The van der Waals surface area contributed by atoms with Gasteiger partial charge in [0.2, 0.25) is 0 Å². The molecule has 0 bridgehead atoms. The van der Waals surface area contributed by atoms with E-state index in [2.05, 4.69) is 20.8 Å². The Morgan fingerprint density at radius 1 is 1.41 bits per heavy atom. The van der Waals surface area contributed by atoms with Crippen molar-refractivity contribution in [2.75, 3.05) is 13.2 Å². The van der Waals surface area contributed by atoms with Crippen LogP contribution in [0.1, 0.15) is 48.2 Å². The van der Waals surface area contributed by atoms with Crippen molar-refractivity contribution in [2.24, 2.45) is 5.92 Å². The lowest BCUT2D eigenvalue weighted by Crippen LogP contribution is -2.12. The van der Waals surface area contributed by atoms with Crippen molar-refractivity contribution in [1.29, 1.82) is 0 Å². The minimum absolute atomic E-state index is 0.110. The number of aryl methyl sites for hydroxylation is 1. The third-order valence-corrected chi connectivity index (χ3v) is 3.97. The summed E-state index contributed by atoms with van der Waals surface area (Å²) in [5, 5.41) is 0. The first kappa shape index (κ1) is 14.4. The third-order valence-electron chi connectivity index (χ3n) is 2.70. The summed E-state index contributed by atoms with van der Waals surface area (Å²) < 4.78 is 5.46. The monoisotopic (exact) mass is 254 g/mol. The van der Waals surface area contributed by atoms with Gasteiger partial charge < -0.3 is 4.74 Å².